The Morgan fingerprint density at radius 2 is 1.72 bits per heavy atom. The fourth-order valence-corrected chi connectivity index (χ4v) is 3.18. The molecule has 148 valence electrons. The summed E-state index contributed by atoms with van der Waals surface area (Å²) in [4.78, 5) is 8.84. The van der Waals surface area contributed by atoms with Crippen molar-refractivity contribution in [2.75, 3.05) is 26.6 Å². The molecule has 8 heteroatoms. The normalized spacial score (nSPS) is 10.7. The summed E-state index contributed by atoms with van der Waals surface area (Å²) in [7, 11) is 4.79. The van der Waals surface area contributed by atoms with Gasteiger partial charge in [0.15, 0.2) is 11.5 Å². The Bertz CT molecular complexity index is 1130. The van der Waals surface area contributed by atoms with Gasteiger partial charge >= 0.3 is 0 Å². The van der Waals surface area contributed by atoms with Crippen molar-refractivity contribution in [1.29, 1.82) is 0 Å². The van der Waals surface area contributed by atoms with Crippen LogP contribution in [0.2, 0.25) is 0 Å². The van der Waals surface area contributed by atoms with Crippen LogP contribution in [0.15, 0.2) is 54.9 Å². The van der Waals surface area contributed by atoms with Gasteiger partial charge in [-0.3, -0.25) is 0 Å². The van der Waals surface area contributed by atoms with Crippen LogP contribution in [0.5, 0.6) is 17.2 Å². The Balaban J connectivity index is 1.70. The lowest BCUT2D eigenvalue weighted by Crippen LogP contribution is -2.08. The van der Waals surface area contributed by atoms with E-state index in [0.29, 0.717) is 29.6 Å². The molecule has 0 saturated carbocycles. The quantitative estimate of drug-likeness (QED) is 0.517. The monoisotopic (exact) mass is 391 g/mol. The van der Waals surface area contributed by atoms with E-state index in [-0.39, 0.29) is 0 Å². The van der Waals surface area contributed by atoms with Gasteiger partial charge in [-0.05, 0) is 12.1 Å². The van der Waals surface area contributed by atoms with Crippen molar-refractivity contribution in [2.45, 2.75) is 6.54 Å². The highest BCUT2D eigenvalue weighted by Gasteiger charge is 2.16. The molecule has 0 saturated heterocycles. The van der Waals surface area contributed by atoms with E-state index in [0.717, 1.165) is 22.6 Å². The van der Waals surface area contributed by atoms with Crippen LogP contribution in [0.25, 0.3) is 17.0 Å². The van der Waals surface area contributed by atoms with Gasteiger partial charge in [-0.15, -0.1) is 0 Å². The largest absolute Gasteiger partial charge is 0.493 e. The van der Waals surface area contributed by atoms with Crippen LogP contribution < -0.4 is 19.5 Å². The Morgan fingerprint density at radius 3 is 2.45 bits per heavy atom. The number of nitrogens with one attached hydrogen (secondary N) is 1. The second kappa shape index (κ2) is 8.05. The molecule has 0 amide bonds. The van der Waals surface area contributed by atoms with E-state index in [4.69, 9.17) is 14.2 Å². The van der Waals surface area contributed by atoms with Crippen molar-refractivity contribution >= 4 is 11.6 Å². The van der Waals surface area contributed by atoms with Crippen molar-refractivity contribution < 1.29 is 14.2 Å². The van der Waals surface area contributed by atoms with Gasteiger partial charge in [-0.2, -0.15) is 14.6 Å². The van der Waals surface area contributed by atoms with Crippen molar-refractivity contribution in [3.8, 4) is 28.5 Å². The highest BCUT2D eigenvalue weighted by atomic mass is 16.5. The molecular formula is C21H21N5O3. The van der Waals surface area contributed by atoms with Gasteiger partial charge in [0.1, 0.15) is 12.1 Å². The second-order valence-electron chi connectivity index (χ2n) is 6.21. The Kier molecular flexibility index (Phi) is 5.15. The summed E-state index contributed by atoms with van der Waals surface area (Å²) in [6.07, 6.45) is 1.49. The van der Waals surface area contributed by atoms with Gasteiger partial charge in [0, 0.05) is 23.7 Å². The first kappa shape index (κ1) is 18.5. The molecule has 0 spiro atoms. The van der Waals surface area contributed by atoms with Crippen molar-refractivity contribution in [3.63, 3.8) is 0 Å². The van der Waals surface area contributed by atoms with Gasteiger partial charge in [-0.25, -0.2) is 4.98 Å². The standard InChI is InChI=1S/C21H21N5O3/c1-27-17-10-9-15(19(28-2)20(17)29-3)12-22-18-11-16(14-7-5-4-6-8-14)25-21-23-13-24-26(18)21/h4-11,13,22H,12H2,1-3H3. The van der Waals surface area contributed by atoms with E-state index in [2.05, 4.69) is 20.4 Å². The number of aromatic nitrogens is 4. The summed E-state index contributed by atoms with van der Waals surface area (Å²) in [6.45, 7) is 0.483. The first-order valence-corrected chi connectivity index (χ1v) is 9.03. The van der Waals surface area contributed by atoms with Crippen molar-refractivity contribution in [3.05, 3.63) is 60.4 Å². The van der Waals surface area contributed by atoms with E-state index >= 15 is 0 Å². The number of benzene rings is 2. The molecule has 0 aliphatic rings. The van der Waals surface area contributed by atoms with Crippen LogP contribution in [0.3, 0.4) is 0 Å². The number of ether oxygens (including phenoxy) is 3. The van der Waals surface area contributed by atoms with E-state index in [1.54, 1.807) is 25.8 Å². The molecule has 1 N–H and O–H groups in total. The topological polar surface area (TPSA) is 82.8 Å². The third-order valence-corrected chi connectivity index (χ3v) is 4.57. The zero-order chi connectivity index (χ0) is 20.2. The Morgan fingerprint density at radius 1 is 0.931 bits per heavy atom. The summed E-state index contributed by atoms with van der Waals surface area (Å²) in [5, 5.41) is 7.68. The van der Waals surface area contributed by atoms with E-state index in [1.165, 1.54) is 6.33 Å². The molecular weight excluding hydrogens is 370 g/mol. The fraction of sp³-hybridized carbons (Fsp3) is 0.190. The average molecular weight is 391 g/mol. The minimum absolute atomic E-state index is 0.483. The first-order valence-electron chi connectivity index (χ1n) is 9.03. The Hall–Kier alpha value is -3.81. The van der Waals surface area contributed by atoms with Crippen molar-refractivity contribution in [2.24, 2.45) is 0 Å². The molecule has 4 rings (SSSR count). The SMILES string of the molecule is COc1ccc(CNc2cc(-c3ccccc3)nc3ncnn23)c(OC)c1OC. The van der Waals surface area contributed by atoms with E-state index in [9.17, 15) is 0 Å². The molecule has 0 aliphatic heterocycles. The average Bonchev–Trinajstić information content (AvgIpc) is 3.26. The van der Waals surface area contributed by atoms with Crippen LogP contribution in [-0.2, 0) is 6.54 Å². The minimum Gasteiger partial charge on any atom is -0.493 e. The van der Waals surface area contributed by atoms with Gasteiger partial charge < -0.3 is 19.5 Å². The van der Waals surface area contributed by atoms with Crippen LogP contribution in [0.1, 0.15) is 5.56 Å². The summed E-state index contributed by atoms with van der Waals surface area (Å²) in [5.41, 5.74) is 2.73. The lowest BCUT2D eigenvalue weighted by molar-refractivity contribution is 0.322. The van der Waals surface area contributed by atoms with Crippen LogP contribution in [0, 0.1) is 0 Å². The smallest absolute Gasteiger partial charge is 0.254 e. The zero-order valence-corrected chi connectivity index (χ0v) is 16.4. The zero-order valence-electron chi connectivity index (χ0n) is 16.4. The Labute approximate surface area is 168 Å². The van der Waals surface area contributed by atoms with E-state index < -0.39 is 0 Å². The van der Waals surface area contributed by atoms with Crippen LogP contribution in [-0.4, -0.2) is 40.9 Å². The molecule has 0 fully saturated rings. The predicted molar refractivity (Wildman–Crippen MR) is 110 cm³/mol. The number of methoxy groups -OCH3 is 3. The molecule has 0 radical (unpaired) electrons. The maximum Gasteiger partial charge on any atom is 0.254 e. The van der Waals surface area contributed by atoms with Gasteiger partial charge in [-0.1, -0.05) is 30.3 Å². The maximum absolute atomic E-state index is 5.57. The molecule has 0 atom stereocenters. The third kappa shape index (κ3) is 3.52. The van der Waals surface area contributed by atoms with Crippen LogP contribution in [0.4, 0.5) is 5.82 Å². The van der Waals surface area contributed by atoms with Gasteiger partial charge in [0.05, 0.1) is 27.0 Å². The number of rotatable bonds is 7. The minimum atomic E-state index is 0.483. The third-order valence-electron chi connectivity index (χ3n) is 4.57. The van der Waals surface area contributed by atoms with Crippen molar-refractivity contribution in [1.82, 2.24) is 19.6 Å². The molecule has 8 nitrogen and oxygen atoms in total. The molecule has 0 aliphatic carbocycles. The van der Waals surface area contributed by atoms with E-state index in [1.807, 2.05) is 48.5 Å². The first-order chi connectivity index (χ1) is 14.2. The highest BCUT2D eigenvalue weighted by molar-refractivity contribution is 5.65. The van der Waals surface area contributed by atoms with Gasteiger partial charge in [0.25, 0.3) is 5.78 Å². The lowest BCUT2D eigenvalue weighted by atomic mass is 10.1. The number of anilines is 1. The fourth-order valence-electron chi connectivity index (χ4n) is 3.18. The maximum atomic E-state index is 5.57. The molecule has 2 aromatic heterocycles. The molecule has 0 bridgehead atoms. The number of hydrogen-bond acceptors (Lipinski definition) is 7. The highest BCUT2D eigenvalue weighted by Crippen LogP contribution is 2.40. The molecule has 0 unspecified atom stereocenters. The van der Waals surface area contributed by atoms with Crippen LogP contribution >= 0.6 is 0 Å². The molecule has 4 aromatic rings. The second-order valence-corrected chi connectivity index (χ2v) is 6.21. The number of nitrogens with zero attached hydrogens (tertiary/aromatic N) is 4. The molecule has 29 heavy (non-hydrogen) atoms. The molecule has 2 aromatic carbocycles. The summed E-state index contributed by atoms with van der Waals surface area (Å²) < 4.78 is 18.1. The summed E-state index contributed by atoms with van der Waals surface area (Å²) >= 11 is 0. The van der Waals surface area contributed by atoms with Gasteiger partial charge in [0.2, 0.25) is 5.75 Å². The predicted octanol–water partition coefficient (Wildman–Crippen LogP) is 3.43. The number of hydrogen-bond donors (Lipinski definition) is 1. The molecule has 2 heterocycles. The number of fused-ring (bicyclic) bond motifs is 1. The summed E-state index contributed by atoms with van der Waals surface area (Å²) in [5.74, 6) is 3.07. The lowest BCUT2D eigenvalue weighted by Gasteiger charge is -2.17. The summed E-state index contributed by atoms with van der Waals surface area (Å²) in [6, 6.07) is 15.7.